The van der Waals surface area contributed by atoms with Gasteiger partial charge in [0.1, 0.15) is 18.0 Å². The molecule has 3 heteroatoms. The number of halogens is 1. The standard InChI is InChI=1S/C20H28FNO/c1-20(2,21)19-13-10-17(22-19)14-23-18-11-8-16(9-12-18)15-6-4-3-5-7-15/h8-9,11-13,15,17,22H,3-7,10,14H2,1-2H3/t17-/m0/s1. The summed E-state index contributed by atoms with van der Waals surface area (Å²) >= 11 is 0. The molecule has 1 atom stereocenters. The first-order chi connectivity index (χ1) is 11.0. The summed E-state index contributed by atoms with van der Waals surface area (Å²) in [5.41, 5.74) is 0.828. The average Bonchev–Trinajstić information content (AvgIpc) is 3.04. The largest absolute Gasteiger partial charge is 0.491 e. The van der Waals surface area contributed by atoms with E-state index in [4.69, 9.17) is 4.74 Å². The van der Waals surface area contributed by atoms with Crippen LogP contribution in [0.4, 0.5) is 4.39 Å². The molecule has 2 nitrogen and oxygen atoms in total. The van der Waals surface area contributed by atoms with Gasteiger partial charge in [0, 0.05) is 5.70 Å². The maximum absolute atomic E-state index is 13.9. The van der Waals surface area contributed by atoms with Crippen molar-refractivity contribution in [1.82, 2.24) is 5.32 Å². The van der Waals surface area contributed by atoms with Crippen molar-refractivity contribution in [2.24, 2.45) is 0 Å². The molecular formula is C20H28FNO. The molecule has 0 aromatic heterocycles. The van der Waals surface area contributed by atoms with E-state index in [0.29, 0.717) is 12.3 Å². The number of nitrogens with one attached hydrogen (secondary N) is 1. The van der Waals surface area contributed by atoms with Gasteiger partial charge in [-0.05, 0) is 56.7 Å². The lowest BCUT2D eigenvalue weighted by molar-refractivity contribution is 0.238. The van der Waals surface area contributed by atoms with Crippen molar-refractivity contribution in [3.05, 3.63) is 41.6 Å². The van der Waals surface area contributed by atoms with E-state index in [-0.39, 0.29) is 6.04 Å². The highest BCUT2D eigenvalue weighted by Crippen LogP contribution is 2.33. The molecule has 23 heavy (non-hydrogen) atoms. The smallest absolute Gasteiger partial charge is 0.144 e. The molecule has 126 valence electrons. The Hall–Kier alpha value is -1.51. The monoisotopic (exact) mass is 317 g/mol. The van der Waals surface area contributed by atoms with E-state index in [1.54, 1.807) is 13.8 Å². The summed E-state index contributed by atoms with van der Waals surface area (Å²) in [5, 5.41) is 3.23. The maximum Gasteiger partial charge on any atom is 0.144 e. The minimum absolute atomic E-state index is 0.165. The summed E-state index contributed by atoms with van der Waals surface area (Å²) in [6.07, 6.45) is 9.51. The van der Waals surface area contributed by atoms with Crippen LogP contribution in [0.1, 0.15) is 63.9 Å². The topological polar surface area (TPSA) is 21.3 Å². The molecule has 1 heterocycles. The van der Waals surface area contributed by atoms with Crippen molar-refractivity contribution in [2.75, 3.05) is 6.61 Å². The Morgan fingerprint density at radius 2 is 1.83 bits per heavy atom. The lowest BCUT2D eigenvalue weighted by atomic mass is 9.84. The molecular weight excluding hydrogens is 289 g/mol. The van der Waals surface area contributed by atoms with Crippen LogP contribution in [0.3, 0.4) is 0 Å². The molecule has 0 saturated heterocycles. The lowest BCUT2D eigenvalue weighted by Gasteiger charge is -2.22. The summed E-state index contributed by atoms with van der Waals surface area (Å²) in [4.78, 5) is 0. The van der Waals surface area contributed by atoms with Crippen molar-refractivity contribution in [1.29, 1.82) is 0 Å². The number of hydrogen-bond acceptors (Lipinski definition) is 2. The van der Waals surface area contributed by atoms with Crippen LogP contribution in [0, 0.1) is 0 Å². The van der Waals surface area contributed by atoms with Gasteiger partial charge in [0.2, 0.25) is 0 Å². The van der Waals surface area contributed by atoms with E-state index in [0.717, 1.165) is 18.1 Å². The fourth-order valence-corrected chi connectivity index (χ4v) is 3.59. The molecule has 0 radical (unpaired) electrons. The third kappa shape index (κ3) is 4.27. The van der Waals surface area contributed by atoms with Gasteiger partial charge in [-0.25, -0.2) is 4.39 Å². The Labute approximate surface area is 139 Å². The Morgan fingerprint density at radius 3 is 2.43 bits per heavy atom. The van der Waals surface area contributed by atoms with Gasteiger partial charge < -0.3 is 10.1 Å². The van der Waals surface area contributed by atoms with E-state index in [1.165, 1.54) is 37.7 Å². The number of ether oxygens (including phenoxy) is 1. The molecule has 2 aliphatic rings. The molecule has 1 aliphatic carbocycles. The fraction of sp³-hybridized carbons (Fsp3) is 0.600. The van der Waals surface area contributed by atoms with Crippen molar-refractivity contribution >= 4 is 0 Å². The summed E-state index contributed by atoms with van der Waals surface area (Å²) in [6.45, 7) is 3.73. The zero-order valence-electron chi connectivity index (χ0n) is 14.3. The predicted molar refractivity (Wildman–Crippen MR) is 92.6 cm³/mol. The van der Waals surface area contributed by atoms with Gasteiger partial charge in [-0.15, -0.1) is 0 Å². The quantitative estimate of drug-likeness (QED) is 0.815. The van der Waals surface area contributed by atoms with Gasteiger partial charge >= 0.3 is 0 Å². The summed E-state index contributed by atoms with van der Waals surface area (Å²) < 4.78 is 19.8. The minimum Gasteiger partial charge on any atom is -0.491 e. The number of benzene rings is 1. The zero-order chi connectivity index (χ0) is 16.3. The number of alkyl halides is 1. The number of hydrogen-bond donors (Lipinski definition) is 1. The van der Waals surface area contributed by atoms with Crippen LogP contribution in [-0.2, 0) is 0 Å². The molecule has 1 N–H and O–H groups in total. The van der Waals surface area contributed by atoms with E-state index in [9.17, 15) is 4.39 Å². The number of rotatable bonds is 5. The van der Waals surface area contributed by atoms with Crippen LogP contribution in [0.25, 0.3) is 0 Å². The molecule has 0 spiro atoms. The maximum atomic E-state index is 13.9. The van der Waals surface area contributed by atoms with E-state index in [2.05, 4.69) is 29.6 Å². The summed E-state index contributed by atoms with van der Waals surface area (Å²) in [5.74, 6) is 1.63. The second-order valence-electron chi connectivity index (χ2n) is 7.38. The molecule has 1 saturated carbocycles. The first-order valence-electron chi connectivity index (χ1n) is 8.91. The molecule has 0 unspecified atom stereocenters. The van der Waals surface area contributed by atoms with Crippen LogP contribution in [-0.4, -0.2) is 18.3 Å². The van der Waals surface area contributed by atoms with Crippen LogP contribution in [0.2, 0.25) is 0 Å². The molecule has 1 fully saturated rings. The zero-order valence-corrected chi connectivity index (χ0v) is 14.3. The van der Waals surface area contributed by atoms with Crippen molar-refractivity contribution < 1.29 is 9.13 Å². The molecule has 0 bridgehead atoms. The highest BCUT2D eigenvalue weighted by atomic mass is 19.1. The Kier molecular flexibility index (Phi) is 4.93. The fourth-order valence-electron chi connectivity index (χ4n) is 3.59. The second-order valence-corrected chi connectivity index (χ2v) is 7.38. The highest BCUT2D eigenvalue weighted by molar-refractivity contribution is 5.30. The molecule has 1 aromatic rings. The Morgan fingerprint density at radius 1 is 1.13 bits per heavy atom. The van der Waals surface area contributed by atoms with Gasteiger partial charge in [0.05, 0.1) is 6.04 Å². The van der Waals surface area contributed by atoms with Crippen molar-refractivity contribution in [2.45, 2.75) is 70.0 Å². The average molecular weight is 317 g/mol. The molecule has 0 amide bonds. The van der Waals surface area contributed by atoms with Crippen molar-refractivity contribution in [3.8, 4) is 5.75 Å². The van der Waals surface area contributed by atoms with Crippen molar-refractivity contribution in [3.63, 3.8) is 0 Å². The van der Waals surface area contributed by atoms with Crippen LogP contribution >= 0.6 is 0 Å². The number of allylic oxidation sites excluding steroid dienone is 1. The van der Waals surface area contributed by atoms with E-state index >= 15 is 0 Å². The predicted octanol–water partition coefficient (Wildman–Crippen LogP) is 5.11. The SMILES string of the molecule is CC(C)(F)C1=CC[C@@H](COc2ccc(C3CCCCC3)cc2)N1. The summed E-state index contributed by atoms with van der Waals surface area (Å²) in [7, 11) is 0. The molecule has 1 aliphatic heterocycles. The van der Waals surface area contributed by atoms with E-state index in [1.807, 2.05) is 6.08 Å². The lowest BCUT2D eigenvalue weighted by Crippen LogP contribution is -2.34. The first-order valence-corrected chi connectivity index (χ1v) is 8.91. The molecule has 3 rings (SSSR count). The molecule has 1 aromatic carbocycles. The third-order valence-electron chi connectivity index (χ3n) is 5.01. The summed E-state index contributed by atoms with van der Waals surface area (Å²) in [6, 6.07) is 8.74. The highest BCUT2D eigenvalue weighted by Gasteiger charge is 2.28. The first kappa shape index (κ1) is 16.4. The normalized spacial score (nSPS) is 22.6. The second kappa shape index (κ2) is 6.94. The van der Waals surface area contributed by atoms with Crippen LogP contribution < -0.4 is 10.1 Å². The van der Waals surface area contributed by atoms with Gasteiger partial charge in [0.25, 0.3) is 0 Å². The van der Waals surface area contributed by atoms with E-state index < -0.39 is 5.67 Å². The van der Waals surface area contributed by atoms with Crippen LogP contribution in [0.15, 0.2) is 36.0 Å². The van der Waals surface area contributed by atoms with Gasteiger partial charge in [-0.1, -0.05) is 37.5 Å². The Bertz CT molecular complexity index is 538. The van der Waals surface area contributed by atoms with Gasteiger partial charge in [-0.2, -0.15) is 0 Å². The Balaban J connectivity index is 1.48. The van der Waals surface area contributed by atoms with Crippen LogP contribution in [0.5, 0.6) is 5.75 Å². The van der Waals surface area contributed by atoms with Gasteiger partial charge in [0.15, 0.2) is 0 Å². The van der Waals surface area contributed by atoms with Gasteiger partial charge in [-0.3, -0.25) is 0 Å². The third-order valence-corrected chi connectivity index (χ3v) is 5.01. The minimum atomic E-state index is -1.30.